The van der Waals surface area contributed by atoms with E-state index in [4.69, 9.17) is 5.84 Å². The van der Waals surface area contributed by atoms with Gasteiger partial charge in [-0.25, -0.2) is 4.39 Å². The van der Waals surface area contributed by atoms with E-state index < -0.39 is 5.82 Å². The third kappa shape index (κ3) is 1.28. The highest BCUT2D eigenvalue weighted by Crippen LogP contribution is 2.07. The second-order valence-corrected chi connectivity index (χ2v) is 1.72. The minimum atomic E-state index is -0.509. The van der Waals surface area contributed by atoms with Crippen molar-refractivity contribution in [1.29, 1.82) is 0 Å². The van der Waals surface area contributed by atoms with Gasteiger partial charge < -0.3 is 0 Å². The molecule has 0 saturated heterocycles. The van der Waals surface area contributed by atoms with Gasteiger partial charge in [0, 0.05) is 18.2 Å². The van der Waals surface area contributed by atoms with Gasteiger partial charge >= 0.3 is 0 Å². The Hall–Kier alpha value is -1.45. The molecule has 1 aromatic rings. The van der Waals surface area contributed by atoms with Crippen molar-refractivity contribution in [1.82, 2.24) is 0 Å². The van der Waals surface area contributed by atoms with Crippen molar-refractivity contribution in [2.45, 2.75) is 0 Å². The Labute approximate surface area is 56.8 Å². The first kappa shape index (κ1) is 6.67. The molecule has 0 aliphatic rings. The van der Waals surface area contributed by atoms with E-state index in [-0.39, 0.29) is 10.6 Å². The number of hydrogen-bond acceptors (Lipinski definition) is 1. The Morgan fingerprint density at radius 2 is 2.30 bits per heavy atom. The van der Waals surface area contributed by atoms with Crippen LogP contribution in [0.4, 0.5) is 10.1 Å². The summed E-state index contributed by atoms with van der Waals surface area (Å²) >= 11 is 0. The molecule has 2 N–H and O–H groups in total. The molecule has 0 spiro atoms. The summed E-state index contributed by atoms with van der Waals surface area (Å²) in [5.74, 6) is 4.29. The summed E-state index contributed by atoms with van der Waals surface area (Å²) in [4.78, 5) is 10.5. The maximum atomic E-state index is 12.1. The van der Waals surface area contributed by atoms with E-state index >= 15 is 0 Å². The van der Waals surface area contributed by atoms with Crippen LogP contribution >= 0.6 is 0 Å². The minimum absolute atomic E-state index is 0.149. The van der Waals surface area contributed by atoms with Crippen LogP contribution in [0, 0.1) is 16.8 Å². The maximum Gasteiger partial charge on any atom is 0.292 e. The average Bonchev–Trinajstić information content (AvgIpc) is 1.88. The lowest BCUT2D eigenvalue weighted by atomic mass is 10.3. The predicted molar refractivity (Wildman–Crippen MR) is 32.7 cm³/mol. The molecule has 0 aliphatic carbocycles. The van der Waals surface area contributed by atoms with E-state index in [1.807, 2.05) is 0 Å². The summed E-state index contributed by atoms with van der Waals surface area (Å²) in [5, 5.41) is 0. The van der Waals surface area contributed by atoms with Crippen molar-refractivity contribution in [2.75, 3.05) is 0 Å². The fourth-order valence-corrected chi connectivity index (χ4v) is 0.535. The number of hydrazine groups is 1. The number of rotatable bonds is 1. The SMILES string of the molecule is N[N+](=O)c1c[c]c(F)cc1. The number of nitrogens with zero attached hydrogens (tertiary/aromatic N) is 1. The minimum Gasteiger partial charge on any atom is -0.206 e. The second kappa shape index (κ2) is 2.43. The molecule has 1 rings (SSSR count). The Balaban J connectivity index is 3.00. The maximum absolute atomic E-state index is 12.1. The molecule has 51 valence electrons. The third-order valence-corrected chi connectivity index (χ3v) is 1.01. The second-order valence-electron chi connectivity index (χ2n) is 1.72. The first-order chi connectivity index (χ1) is 4.70. The lowest BCUT2D eigenvalue weighted by molar-refractivity contribution is -0.474. The first-order valence-corrected chi connectivity index (χ1v) is 2.59. The Kier molecular flexibility index (Phi) is 1.62. The topological polar surface area (TPSA) is 46.1 Å². The van der Waals surface area contributed by atoms with E-state index in [1.165, 1.54) is 12.1 Å². The van der Waals surface area contributed by atoms with Crippen molar-refractivity contribution in [3.05, 3.63) is 35.0 Å². The van der Waals surface area contributed by atoms with Crippen LogP contribution in [-0.2, 0) is 0 Å². The van der Waals surface area contributed by atoms with Gasteiger partial charge in [0.2, 0.25) is 0 Å². The first-order valence-electron chi connectivity index (χ1n) is 2.59. The molecule has 0 aliphatic heterocycles. The monoisotopic (exact) mass is 140 g/mol. The molecule has 3 nitrogen and oxygen atoms in total. The highest BCUT2D eigenvalue weighted by Gasteiger charge is 2.06. The molecule has 0 unspecified atom stereocenters. The zero-order valence-corrected chi connectivity index (χ0v) is 5.04. The molecule has 0 heterocycles. The van der Waals surface area contributed by atoms with E-state index in [9.17, 15) is 9.30 Å². The van der Waals surface area contributed by atoms with Crippen molar-refractivity contribution >= 4 is 5.69 Å². The quantitative estimate of drug-likeness (QED) is 0.358. The molecule has 0 amide bonds. The van der Waals surface area contributed by atoms with Crippen molar-refractivity contribution in [3.63, 3.8) is 0 Å². The van der Waals surface area contributed by atoms with Crippen molar-refractivity contribution < 1.29 is 9.26 Å². The van der Waals surface area contributed by atoms with E-state index in [0.29, 0.717) is 0 Å². The van der Waals surface area contributed by atoms with Gasteiger partial charge in [-0.05, 0) is 6.07 Å². The number of nitrogens with two attached hydrogens (primary N) is 1. The standard InChI is InChI=1S/C6H5FN2O/c7-5-1-3-6(4-2-5)9(8)10/h1,3-4H,(H2,8,10)/q+1. The zero-order chi connectivity index (χ0) is 7.56. The largest absolute Gasteiger partial charge is 0.292 e. The molecule has 10 heavy (non-hydrogen) atoms. The van der Waals surface area contributed by atoms with Gasteiger partial charge in [-0.1, -0.05) is 0 Å². The molecular weight excluding hydrogens is 135 g/mol. The smallest absolute Gasteiger partial charge is 0.206 e. The van der Waals surface area contributed by atoms with Crippen LogP contribution in [-0.4, -0.2) is 4.87 Å². The van der Waals surface area contributed by atoms with Gasteiger partial charge in [-0.2, -0.15) is 5.84 Å². The highest BCUT2D eigenvalue weighted by molar-refractivity contribution is 5.27. The molecule has 4 heteroatoms. The molecule has 0 bridgehead atoms. The van der Waals surface area contributed by atoms with Crippen LogP contribution < -0.4 is 5.84 Å². The zero-order valence-electron chi connectivity index (χ0n) is 5.04. The fourth-order valence-electron chi connectivity index (χ4n) is 0.535. The van der Waals surface area contributed by atoms with Gasteiger partial charge in [0.1, 0.15) is 5.82 Å². The Morgan fingerprint density at radius 1 is 1.60 bits per heavy atom. The lowest BCUT2D eigenvalue weighted by Crippen LogP contribution is -2.08. The molecule has 0 saturated carbocycles. The Bertz CT molecular complexity index is 244. The van der Waals surface area contributed by atoms with Crippen LogP contribution in [0.2, 0.25) is 0 Å². The van der Waals surface area contributed by atoms with Crippen LogP contribution in [0.3, 0.4) is 0 Å². The summed E-state index contributed by atoms with van der Waals surface area (Å²) < 4.78 is 12.1. The molecule has 0 atom stereocenters. The van der Waals surface area contributed by atoms with Crippen LogP contribution in [0.1, 0.15) is 0 Å². The Morgan fingerprint density at radius 3 is 2.70 bits per heavy atom. The van der Waals surface area contributed by atoms with Crippen molar-refractivity contribution in [3.8, 4) is 0 Å². The van der Waals surface area contributed by atoms with E-state index in [0.717, 1.165) is 6.07 Å². The van der Waals surface area contributed by atoms with Gasteiger partial charge in [0.15, 0.2) is 4.87 Å². The summed E-state index contributed by atoms with van der Waals surface area (Å²) in [6.45, 7) is 0. The summed E-state index contributed by atoms with van der Waals surface area (Å²) in [5.41, 5.74) is 0.182. The molecule has 1 aromatic carbocycles. The normalized spacial score (nSPS) is 9.30. The van der Waals surface area contributed by atoms with Crippen LogP contribution in [0.25, 0.3) is 0 Å². The van der Waals surface area contributed by atoms with E-state index in [1.54, 1.807) is 0 Å². The number of benzene rings is 1. The predicted octanol–water partition coefficient (Wildman–Crippen LogP) is 0.910. The summed E-state index contributed by atoms with van der Waals surface area (Å²) in [6.07, 6.45) is 0. The van der Waals surface area contributed by atoms with Gasteiger partial charge in [-0.15, -0.1) is 0 Å². The van der Waals surface area contributed by atoms with Gasteiger partial charge in [0.25, 0.3) is 5.69 Å². The number of nitroso groups, excluding NO2 is 1. The third-order valence-electron chi connectivity index (χ3n) is 1.01. The van der Waals surface area contributed by atoms with Gasteiger partial charge in [-0.3, -0.25) is 0 Å². The summed E-state index contributed by atoms with van der Waals surface area (Å²) in [6, 6.07) is 5.77. The lowest BCUT2D eigenvalue weighted by Gasteiger charge is -1.83. The molecular formula is C6H5FN2O+. The van der Waals surface area contributed by atoms with E-state index in [2.05, 4.69) is 6.07 Å². The number of hydrogen-bond donors (Lipinski definition) is 1. The van der Waals surface area contributed by atoms with Gasteiger partial charge in [0.05, 0.1) is 4.91 Å². The molecule has 1 radical (unpaired) electrons. The molecule has 0 aromatic heterocycles. The van der Waals surface area contributed by atoms with Crippen molar-refractivity contribution in [2.24, 2.45) is 5.84 Å². The molecule has 0 fully saturated rings. The van der Waals surface area contributed by atoms with Crippen LogP contribution in [0.5, 0.6) is 0 Å². The average molecular weight is 140 g/mol. The highest BCUT2D eigenvalue weighted by atomic mass is 19.1. The van der Waals surface area contributed by atoms with Crippen LogP contribution in [0.15, 0.2) is 18.2 Å². The number of halogens is 1. The summed E-state index contributed by atoms with van der Waals surface area (Å²) in [7, 11) is 0. The fraction of sp³-hybridized carbons (Fsp3) is 0.